The summed E-state index contributed by atoms with van der Waals surface area (Å²) in [6.07, 6.45) is 2.95. The van der Waals surface area contributed by atoms with Crippen LogP contribution in [0.4, 0.5) is 0 Å². The van der Waals surface area contributed by atoms with Crippen LogP contribution in [0.3, 0.4) is 0 Å². The number of ether oxygens (including phenoxy) is 2. The first-order chi connectivity index (χ1) is 6.83. The normalized spacial score (nSPS) is 10.1. The Kier molecular flexibility index (Phi) is 4.27. The molecule has 14 heavy (non-hydrogen) atoms. The van der Waals surface area contributed by atoms with E-state index >= 15 is 0 Å². The first-order valence-electron chi connectivity index (χ1n) is 4.25. The molecule has 0 fully saturated rings. The van der Waals surface area contributed by atoms with Crippen LogP contribution in [0, 0.1) is 0 Å². The van der Waals surface area contributed by atoms with Gasteiger partial charge in [0.25, 0.3) is 0 Å². The van der Waals surface area contributed by atoms with E-state index in [0.29, 0.717) is 6.61 Å². The van der Waals surface area contributed by atoms with Crippen molar-refractivity contribution in [2.45, 2.75) is 0 Å². The third-order valence-electron chi connectivity index (χ3n) is 1.54. The third kappa shape index (κ3) is 3.76. The van der Waals surface area contributed by atoms with Crippen LogP contribution in [-0.2, 0) is 9.53 Å². The second-order valence-electron chi connectivity index (χ2n) is 2.55. The highest BCUT2D eigenvalue weighted by atomic mass is 16.5. The van der Waals surface area contributed by atoms with E-state index < -0.39 is 0 Å². The molecule has 1 aromatic rings. The average molecular weight is 192 g/mol. The van der Waals surface area contributed by atoms with E-state index in [9.17, 15) is 4.79 Å². The Labute approximate surface area is 83.0 Å². The zero-order chi connectivity index (χ0) is 10.2. The first-order valence-corrected chi connectivity index (χ1v) is 4.25. The number of hydrogen-bond donors (Lipinski definition) is 0. The van der Waals surface area contributed by atoms with Crippen LogP contribution in [0.2, 0.25) is 0 Å². The Morgan fingerprint density at radius 1 is 1.36 bits per heavy atom. The second kappa shape index (κ2) is 5.80. The van der Waals surface area contributed by atoms with Crippen molar-refractivity contribution in [3.8, 4) is 5.75 Å². The van der Waals surface area contributed by atoms with Gasteiger partial charge in [0.2, 0.25) is 0 Å². The number of carbonyl (C=O) groups is 1. The minimum atomic E-state index is -0.373. The molecule has 0 spiro atoms. The lowest BCUT2D eigenvalue weighted by Crippen LogP contribution is -1.97. The molecule has 0 bridgehead atoms. The van der Waals surface area contributed by atoms with Crippen LogP contribution in [0.5, 0.6) is 5.75 Å². The topological polar surface area (TPSA) is 35.5 Å². The number of carbonyl (C=O) groups excluding carboxylic acids is 1. The highest BCUT2D eigenvalue weighted by Crippen LogP contribution is 2.07. The van der Waals surface area contributed by atoms with E-state index in [0.717, 1.165) is 5.75 Å². The summed E-state index contributed by atoms with van der Waals surface area (Å²) in [5, 5.41) is 0. The highest BCUT2D eigenvalue weighted by Gasteiger charge is 1.90. The molecule has 3 nitrogen and oxygen atoms in total. The predicted molar refractivity (Wildman–Crippen MR) is 53.1 cm³/mol. The number of benzene rings is 1. The van der Waals surface area contributed by atoms with Crippen molar-refractivity contribution in [3.63, 3.8) is 0 Å². The van der Waals surface area contributed by atoms with Crippen molar-refractivity contribution in [3.05, 3.63) is 42.5 Å². The Morgan fingerprint density at radius 3 is 2.71 bits per heavy atom. The fourth-order valence-electron chi connectivity index (χ4n) is 0.873. The summed E-state index contributed by atoms with van der Waals surface area (Å²) in [6, 6.07) is 9.40. The summed E-state index contributed by atoms with van der Waals surface area (Å²) in [7, 11) is 1.34. The predicted octanol–water partition coefficient (Wildman–Crippen LogP) is 1.79. The Morgan fingerprint density at radius 2 is 2.07 bits per heavy atom. The van der Waals surface area contributed by atoms with E-state index in [1.54, 1.807) is 6.08 Å². The first kappa shape index (κ1) is 10.3. The standard InChI is InChI=1S/C11H12O3/c1-13-11(12)8-5-9-14-10-6-3-2-4-7-10/h2-8H,9H2,1H3/b8-5+. The van der Waals surface area contributed by atoms with E-state index in [1.165, 1.54) is 13.2 Å². The van der Waals surface area contributed by atoms with Gasteiger partial charge in [0.1, 0.15) is 12.4 Å². The third-order valence-corrected chi connectivity index (χ3v) is 1.54. The molecule has 74 valence electrons. The molecule has 0 aliphatic rings. The summed E-state index contributed by atoms with van der Waals surface area (Å²) in [6.45, 7) is 0.360. The van der Waals surface area contributed by atoms with Gasteiger partial charge in [0, 0.05) is 6.08 Å². The van der Waals surface area contributed by atoms with Crippen molar-refractivity contribution in [2.75, 3.05) is 13.7 Å². The van der Waals surface area contributed by atoms with Crippen LogP contribution in [0.25, 0.3) is 0 Å². The summed E-state index contributed by atoms with van der Waals surface area (Å²) >= 11 is 0. The Bertz CT molecular complexity index is 304. The molecule has 0 aromatic heterocycles. The van der Waals surface area contributed by atoms with Crippen molar-refractivity contribution in [2.24, 2.45) is 0 Å². The fourth-order valence-corrected chi connectivity index (χ4v) is 0.873. The maximum absolute atomic E-state index is 10.7. The van der Waals surface area contributed by atoms with E-state index in [4.69, 9.17) is 4.74 Å². The lowest BCUT2D eigenvalue weighted by Gasteiger charge is -2.00. The average Bonchev–Trinajstić information content (AvgIpc) is 2.25. The van der Waals surface area contributed by atoms with Gasteiger partial charge in [-0.25, -0.2) is 4.79 Å². The molecular weight excluding hydrogens is 180 g/mol. The molecule has 0 aliphatic heterocycles. The molecule has 0 aliphatic carbocycles. The van der Waals surface area contributed by atoms with Crippen LogP contribution in [-0.4, -0.2) is 19.7 Å². The smallest absolute Gasteiger partial charge is 0.330 e. The molecule has 0 saturated heterocycles. The van der Waals surface area contributed by atoms with Gasteiger partial charge in [-0.1, -0.05) is 18.2 Å². The summed E-state index contributed by atoms with van der Waals surface area (Å²) in [5.41, 5.74) is 0. The molecular formula is C11H12O3. The van der Waals surface area contributed by atoms with Crippen LogP contribution in [0.1, 0.15) is 0 Å². The van der Waals surface area contributed by atoms with Crippen LogP contribution < -0.4 is 4.74 Å². The molecule has 0 atom stereocenters. The summed E-state index contributed by atoms with van der Waals surface area (Å²) < 4.78 is 9.73. The summed E-state index contributed by atoms with van der Waals surface area (Å²) in [5.74, 6) is 0.406. The van der Waals surface area contributed by atoms with Gasteiger partial charge in [-0.05, 0) is 18.2 Å². The Hall–Kier alpha value is -1.77. The van der Waals surface area contributed by atoms with Gasteiger partial charge >= 0.3 is 5.97 Å². The molecule has 0 heterocycles. The maximum atomic E-state index is 10.7. The zero-order valence-corrected chi connectivity index (χ0v) is 7.97. The molecule has 1 aromatic carbocycles. The largest absolute Gasteiger partial charge is 0.490 e. The lowest BCUT2D eigenvalue weighted by atomic mass is 10.3. The van der Waals surface area contributed by atoms with Crippen molar-refractivity contribution in [1.82, 2.24) is 0 Å². The van der Waals surface area contributed by atoms with E-state index in [2.05, 4.69) is 4.74 Å². The van der Waals surface area contributed by atoms with Crippen molar-refractivity contribution in [1.29, 1.82) is 0 Å². The van der Waals surface area contributed by atoms with Gasteiger partial charge in [-0.3, -0.25) is 0 Å². The van der Waals surface area contributed by atoms with Crippen LogP contribution >= 0.6 is 0 Å². The van der Waals surface area contributed by atoms with Gasteiger partial charge in [0.15, 0.2) is 0 Å². The monoisotopic (exact) mass is 192 g/mol. The fraction of sp³-hybridized carbons (Fsp3) is 0.182. The van der Waals surface area contributed by atoms with Crippen molar-refractivity contribution >= 4 is 5.97 Å². The molecule has 1 rings (SSSR count). The number of esters is 1. The summed E-state index contributed by atoms with van der Waals surface area (Å²) in [4.78, 5) is 10.7. The molecule has 0 unspecified atom stereocenters. The maximum Gasteiger partial charge on any atom is 0.330 e. The number of methoxy groups -OCH3 is 1. The number of hydrogen-bond acceptors (Lipinski definition) is 3. The minimum Gasteiger partial charge on any atom is -0.490 e. The van der Waals surface area contributed by atoms with Crippen LogP contribution in [0.15, 0.2) is 42.5 Å². The van der Waals surface area contributed by atoms with Crippen molar-refractivity contribution < 1.29 is 14.3 Å². The molecule has 0 N–H and O–H groups in total. The molecule has 0 amide bonds. The van der Waals surface area contributed by atoms with Gasteiger partial charge in [-0.15, -0.1) is 0 Å². The lowest BCUT2D eigenvalue weighted by molar-refractivity contribution is -0.134. The van der Waals surface area contributed by atoms with E-state index in [1.807, 2.05) is 30.3 Å². The molecule has 0 radical (unpaired) electrons. The minimum absolute atomic E-state index is 0.360. The van der Waals surface area contributed by atoms with Gasteiger partial charge in [-0.2, -0.15) is 0 Å². The quantitative estimate of drug-likeness (QED) is 0.539. The molecule has 3 heteroatoms. The SMILES string of the molecule is COC(=O)/C=C/COc1ccccc1. The highest BCUT2D eigenvalue weighted by molar-refractivity contribution is 5.81. The number of rotatable bonds is 4. The van der Waals surface area contributed by atoms with Gasteiger partial charge < -0.3 is 9.47 Å². The van der Waals surface area contributed by atoms with E-state index in [-0.39, 0.29) is 5.97 Å². The Balaban J connectivity index is 2.29. The number of para-hydroxylation sites is 1. The zero-order valence-electron chi connectivity index (χ0n) is 7.97. The molecule has 0 saturated carbocycles. The second-order valence-corrected chi connectivity index (χ2v) is 2.55. The van der Waals surface area contributed by atoms with Gasteiger partial charge in [0.05, 0.1) is 7.11 Å².